The van der Waals surface area contributed by atoms with Gasteiger partial charge in [-0.05, 0) is 78.0 Å². The molecule has 0 amide bonds. The standard InChI is InChI=1S/2C10H24N4.2Ni.4H3O4P/c2*1-3-11-7-9-13-5-2-6-14-10-8-12-4-1;;;4*1-5(2,3)4/h2*11-14H,1-10H2;;;4*(H3,1,2,3,4)/q;;2*+2;;;;/p-4. The van der Waals surface area contributed by atoms with Gasteiger partial charge in [0.2, 0.25) is 0 Å². The molecule has 0 aromatic heterocycles. The van der Waals surface area contributed by atoms with Crippen molar-refractivity contribution in [3.05, 3.63) is 0 Å². The Balaban J connectivity index is -0.000000125. The van der Waals surface area contributed by atoms with E-state index < -0.39 is 31.3 Å². The van der Waals surface area contributed by atoms with E-state index in [9.17, 15) is 0 Å². The topological polar surface area (TPSA) is 419 Å². The number of phosphoric acid groups is 4. The molecule has 0 spiro atoms. The molecule has 0 radical (unpaired) electrons. The molecule has 0 unspecified atom stereocenters. The quantitative estimate of drug-likeness (QED) is 0.0793. The molecule has 2 aliphatic heterocycles. The van der Waals surface area contributed by atoms with Crippen molar-refractivity contribution in [3.8, 4) is 0 Å². The Morgan fingerprint density at radius 1 is 0.280 bits per heavy atom. The third-order valence-corrected chi connectivity index (χ3v) is 4.74. The van der Waals surface area contributed by atoms with Gasteiger partial charge in [-0.25, -0.2) is 0 Å². The van der Waals surface area contributed by atoms with Crippen LogP contribution in [0.1, 0.15) is 25.7 Å². The van der Waals surface area contributed by atoms with Crippen LogP contribution in [0.5, 0.6) is 0 Å². The predicted octanol–water partition coefficient (Wildman–Crippen LogP) is -7.97. The van der Waals surface area contributed by atoms with Crippen LogP contribution in [0.3, 0.4) is 0 Å². The van der Waals surface area contributed by atoms with Gasteiger partial charge in [-0.1, -0.05) is 0 Å². The second kappa shape index (κ2) is 42.8. The Bertz CT molecular complexity index is 630. The molecule has 2 aliphatic rings. The van der Waals surface area contributed by atoms with Crippen LogP contribution < -0.4 is 62.1 Å². The van der Waals surface area contributed by atoms with Crippen molar-refractivity contribution in [3.63, 3.8) is 0 Å². The zero-order chi connectivity index (χ0) is 37.8. The van der Waals surface area contributed by atoms with Crippen molar-refractivity contribution in [1.82, 2.24) is 42.5 Å². The molecule has 24 nitrogen and oxygen atoms in total. The molecule has 2 heterocycles. The molecule has 16 N–H and O–H groups in total. The molecule has 312 valence electrons. The fraction of sp³-hybridized carbons (Fsp3) is 1.00. The summed E-state index contributed by atoms with van der Waals surface area (Å²) in [6, 6.07) is 0. The molecular formula is C20H56N8Ni2O16P4. The minimum absolute atomic E-state index is 0. The second-order valence-electron chi connectivity index (χ2n) is 9.38. The van der Waals surface area contributed by atoms with E-state index in [1.807, 2.05) is 0 Å². The minimum Gasteiger partial charge on any atom is -0.756 e. The summed E-state index contributed by atoms with van der Waals surface area (Å²) in [4.78, 5) is 91.7. The van der Waals surface area contributed by atoms with Crippen LogP contribution in [0.2, 0.25) is 0 Å². The molecule has 50 heavy (non-hydrogen) atoms. The molecule has 2 saturated heterocycles. The van der Waals surface area contributed by atoms with Crippen LogP contribution in [-0.4, -0.2) is 144 Å². The Morgan fingerprint density at radius 3 is 0.440 bits per heavy atom. The third-order valence-electron chi connectivity index (χ3n) is 4.74. The molecule has 30 heteroatoms. The van der Waals surface area contributed by atoms with Gasteiger partial charge in [-0.3, -0.25) is 18.3 Å². The zero-order valence-corrected chi connectivity index (χ0v) is 33.0. The van der Waals surface area contributed by atoms with E-state index in [-0.39, 0.29) is 33.0 Å². The van der Waals surface area contributed by atoms with Gasteiger partial charge >= 0.3 is 33.0 Å². The van der Waals surface area contributed by atoms with Crippen LogP contribution in [-0.2, 0) is 51.2 Å². The first-order valence-electron chi connectivity index (χ1n) is 14.7. The van der Waals surface area contributed by atoms with E-state index in [0.29, 0.717) is 0 Å². The van der Waals surface area contributed by atoms with Crippen molar-refractivity contribution < 1.29 is 110 Å². The van der Waals surface area contributed by atoms with Gasteiger partial charge in [0.05, 0.1) is 0 Å². The SMILES string of the molecule is C1CNCCNCCCNCCNC1.C1CNCCNCCCNCCNC1.O=P([O-])(O)O.O=P([O-])(O)O.O=P([O-])(O)O.O=P([O-])(O)O.[Ni+2].[Ni+2]. The van der Waals surface area contributed by atoms with Crippen LogP contribution >= 0.6 is 31.3 Å². The Labute approximate surface area is 313 Å². The van der Waals surface area contributed by atoms with E-state index in [2.05, 4.69) is 42.5 Å². The molecule has 2 rings (SSSR count). The number of rotatable bonds is 0. The molecule has 0 bridgehead atoms. The first-order valence-corrected chi connectivity index (χ1v) is 20.8. The fourth-order valence-corrected chi connectivity index (χ4v) is 3.06. The largest absolute Gasteiger partial charge is 2.00 e. The van der Waals surface area contributed by atoms with Crippen molar-refractivity contribution >= 4 is 31.3 Å². The average Bonchev–Trinajstić information content (AvgIpc) is 2.88. The Kier molecular flexibility index (Phi) is 54.0. The molecule has 0 saturated carbocycles. The maximum absolute atomic E-state index is 8.77. The predicted molar refractivity (Wildman–Crippen MR) is 170 cm³/mol. The van der Waals surface area contributed by atoms with Gasteiger partial charge in [0.25, 0.3) is 31.3 Å². The smallest absolute Gasteiger partial charge is 0.756 e. The second-order valence-corrected chi connectivity index (χ2v) is 13.3. The molecule has 0 aromatic carbocycles. The van der Waals surface area contributed by atoms with Gasteiger partial charge in [0.15, 0.2) is 0 Å². The van der Waals surface area contributed by atoms with E-state index >= 15 is 0 Å². The first kappa shape index (κ1) is 63.1. The zero-order valence-electron chi connectivity index (χ0n) is 27.4. The summed E-state index contributed by atoms with van der Waals surface area (Å²) in [5, 5.41) is 27.4. The van der Waals surface area contributed by atoms with Crippen LogP contribution in [0.25, 0.3) is 0 Å². The van der Waals surface area contributed by atoms with Crippen molar-refractivity contribution in [1.29, 1.82) is 0 Å². The van der Waals surface area contributed by atoms with E-state index in [1.165, 1.54) is 25.7 Å². The normalized spacial score (nSPS) is 18.2. The summed E-state index contributed by atoms with van der Waals surface area (Å²) < 4.78 is 35.1. The van der Waals surface area contributed by atoms with E-state index in [0.717, 1.165) is 105 Å². The molecule has 0 aliphatic carbocycles. The minimum atomic E-state index is -4.89. The summed E-state index contributed by atoms with van der Waals surface area (Å²) in [5.74, 6) is 0. The maximum Gasteiger partial charge on any atom is 2.00 e. The Hall–Kier alpha value is 1.11. The maximum atomic E-state index is 8.77. The van der Waals surface area contributed by atoms with Crippen molar-refractivity contribution in [2.75, 3.05) is 105 Å². The molecule has 0 atom stereocenters. The summed E-state index contributed by atoms with van der Waals surface area (Å²) >= 11 is 0. The van der Waals surface area contributed by atoms with Crippen LogP contribution in [0, 0.1) is 0 Å². The van der Waals surface area contributed by atoms with Gasteiger partial charge in [0, 0.05) is 52.4 Å². The van der Waals surface area contributed by atoms with Crippen molar-refractivity contribution in [2.24, 2.45) is 0 Å². The van der Waals surface area contributed by atoms with Gasteiger partial charge in [-0.15, -0.1) is 0 Å². The first-order chi connectivity index (χ1) is 22.0. The van der Waals surface area contributed by atoms with Gasteiger partial charge in [-0.2, -0.15) is 0 Å². The number of hydrogen-bond acceptors (Lipinski definition) is 16. The van der Waals surface area contributed by atoms with Crippen LogP contribution in [0.4, 0.5) is 0 Å². The summed E-state index contributed by atoms with van der Waals surface area (Å²) in [5.41, 5.74) is 0. The molecule has 0 aromatic rings. The van der Waals surface area contributed by atoms with Crippen LogP contribution in [0.15, 0.2) is 0 Å². The molecule has 2 fully saturated rings. The summed E-state index contributed by atoms with van der Waals surface area (Å²) in [7, 11) is -19.6. The van der Waals surface area contributed by atoms with E-state index in [4.69, 9.17) is 77.0 Å². The monoisotopic (exact) mass is 904 g/mol. The summed E-state index contributed by atoms with van der Waals surface area (Å²) in [6.07, 6.45) is 4.89. The fourth-order valence-electron chi connectivity index (χ4n) is 3.06. The third kappa shape index (κ3) is 134. The number of hydrogen-bond donors (Lipinski definition) is 16. The average molecular weight is 906 g/mol. The van der Waals surface area contributed by atoms with E-state index in [1.54, 1.807) is 0 Å². The number of nitrogens with one attached hydrogen (secondary N) is 8. The van der Waals surface area contributed by atoms with Gasteiger partial charge < -0.3 is 101 Å². The Morgan fingerprint density at radius 2 is 0.360 bits per heavy atom. The van der Waals surface area contributed by atoms with Gasteiger partial charge in [0.1, 0.15) is 0 Å². The summed E-state index contributed by atoms with van der Waals surface area (Å²) in [6.45, 7) is 17.7. The molecular weight excluding hydrogens is 850 g/mol. The van der Waals surface area contributed by atoms with Crippen molar-refractivity contribution in [2.45, 2.75) is 25.7 Å².